The number of imidazole rings is 4. The number of fused-ring (bicyclic) bond motifs is 10. The molecule has 9 aliphatic rings. The van der Waals surface area contributed by atoms with E-state index in [2.05, 4.69) is 54.8 Å². The number of pyridine rings is 1. The van der Waals surface area contributed by atoms with Crippen molar-refractivity contribution in [2.75, 3.05) is 63.5 Å². The van der Waals surface area contributed by atoms with Crippen LogP contribution in [0.2, 0.25) is 0 Å². The van der Waals surface area contributed by atoms with E-state index >= 15 is 0 Å². The van der Waals surface area contributed by atoms with Crippen LogP contribution < -0.4 is 28.3 Å². The van der Waals surface area contributed by atoms with E-state index in [1.54, 1.807) is 6.92 Å². The van der Waals surface area contributed by atoms with E-state index in [9.17, 15) is 92.1 Å². The maximum atomic E-state index is 13.1. The molecular formula is C54H71BN18O37P6. The van der Waals surface area contributed by atoms with Gasteiger partial charge in [-0.25, -0.2) is 62.7 Å². The number of phosphoric acid groups is 5. The lowest BCUT2D eigenvalue weighted by Gasteiger charge is -2.29. The average molecular weight is 1760 g/mol. The number of hydrogen-bond acceptors (Lipinski definition) is 44. The molecular weight excluding hydrogens is 1690 g/mol. The second kappa shape index (κ2) is 32.2. The van der Waals surface area contributed by atoms with Crippen molar-refractivity contribution in [3.63, 3.8) is 0 Å². The van der Waals surface area contributed by atoms with Gasteiger partial charge in [-0.3, -0.25) is 87.2 Å². The van der Waals surface area contributed by atoms with Crippen molar-refractivity contribution in [3.8, 4) is 0 Å². The van der Waals surface area contributed by atoms with E-state index in [1.165, 1.54) is 52.2 Å². The van der Waals surface area contributed by atoms with Crippen LogP contribution in [0.5, 0.6) is 0 Å². The molecule has 0 spiro atoms. The fourth-order valence-electron chi connectivity index (χ4n) is 13.8. The van der Waals surface area contributed by atoms with Gasteiger partial charge in [-0.05, 0) is 19.9 Å². The number of aromatic amines is 2. The highest BCUT2D eigenvalue weighted by atomic mass is 31.2. The zero-order chi connectivity index (χ0) is 82.9. The molecule has 62 heteroatoms. The summed E-state index contributed by atoms with van der Waals surface area (Å²) in [5.74, 6) is -0.00226. The van der Waals surface area contributed by atoms with E-state index in [0.29, 0.717) is 11.2 Å². The van der Waals surface area contributed by atoms with E-state index in [0.717, 1.165) is 23.5 Å². The van der Waals surface area contributed by atoms with Gasteiger partial charge in [0.15, 0.2) is 64.4 Å². The molecule has 0 amide bonds. The van der Waals surface area contributed by atoms with Gasteiger partial charge in [-0.2, -0.15) is 4.98 Å². The predicted molar refractivity (Wildman–Crippen MR) is 375 cm³/mol. The number of hydrogen-bond donors (Lipinski definition) is 16. The van der Waals surface area contributed by atoms with Crippen LogP contribution >= 0.6 is 46.7 Å². The van der Waals surface area contributed by atoms with Gasteiger partial charge >= 0.3 is 46.7 Å². The van der Waals surface area contributed by atoms with Gasteiger partial charge in [-0.15, -0.1) is 0 Å². The molecule has 8 aromatic rings. The molecule has 17 rings (SSSR count). The summed E-state index contributed by atoms with van der Waals surface area (Å²) in [6.45, 7) is 0.113. The van der Waals surface area contributed by atoms with Crippen LogP contribution in [0.25, 0.3) is 44.7 Å². The second-order valence-corrected chi connectivity index (χ2v) is 36.1. The highest BCUT2D eigenvalue weighted by Gasteiger charge is 2.58. The largest absolute Gasteiger partial charge is 0.472 e. The fraction of sp³-hybridized carbons (Fsp3) is 0.611. The first-order chi connectivity index (χ1) is 54.6. The summed E-state index contributed by atoms with van der Waals surface area (Å²) < 4.78 is 178. The minimum atomic E-state index is -5.08. The minimum absolute atomic E-state index is 0.00445. The van der Waals surface area contributed by atoms with Gasteiger partial charge in [-0.1, -0.05) is 0 Å². The first-order valence-electron chi connectivity index (χ1n) is 34.2. The first kappa shape index (κ1) is 84.6. The van der Waals surface area contributed by atoms with E-state index < -0.39 is 238 Å². The number of nitrogens with one attached hydrogen (secondary N) is 2. The van der Waals surface area contributed by atoms with Crippen LogP contribution in [0.4, 0.5) is 17.5 Å². The molecule has 9 fully saturated rings. The van der Waals surface area contributed by atoms with Gasteiger partial charge < -0.3 is 110 Å². The summed E-state index contributed by atoms with van der Waals surface area (Å²) in [5, 5.41) is 64.7. The van der Waals surface area contributed by atoms with Gasteiger partial charge in [0.25, 0.3) is 11.1 Å². The molecule has 30 atom stereocenters. The number of nitrogen functional groups attached to an aromatic ring is 3. The summed E-state index contributed by atoms with van der Waals surface area (Å²) in [6, 6.07) is 0.358. The van der Waals surface area contributed by atoms with Crippen LogP contribution in [-0.2, 0) is 110 Å². The molecule has 12 unspecified atom stereocenters. The first-order valence-corrected chi connectivity index (χ1v) is 43.7. The molecule has 2 radical (unpaired) electrons. The summed E-state index contributed by atoms with van der Waals surface area (Å²) >= 11 is 0. The number of nitrogens with zero attached hydrogens (tertiary/aromatic N) is 13. The highest BCUT2D eigenvalue weighted by Crippen LogP contribution is 2.58. The Bertz CT molecular complexity index is 5130. The maximum absolute atomic E-state index is 13.1. The number of nitrogens with two attached hydrogens (primary N) is 3. The average Bonchev–Trinajstić information content (AvgIpc) is 1.62. The van der Waals surface area contributed by atoms with E-state index in [-0.39, 0.29) is 63.3 Å². The third kappa shape index (κ3) is 17.1. The number of H-pyrrole nitrogens is 2. The minimum Gasteiger partial charge on any atom is -0.397 e. The standard InChI is InChI=1S/C21H25N9O14P2.C21H25N9O12P2.C12H21BO11P2/c1-6-25-15-9(17(33)26-6)23-4-29(15)19-11(31)13-7(41-19)2-39-46(37,38)44-14-8(3-40-45(35,36)43-13)42-20(12(14)32)30-5-24-10-16(30)27-21(22)28-18(10)34;22-8-1-2-24-18-11(8)27-6-29(18)20-13(31)15-9(39-20)3-37-44(35,36)42-16-10(4-38-43(33,34)41-15)40-21(14(16)32)30-7-28-12-17(23)25-5-26-19(12)30;1-5-8(14)10-6(21-5)3-19-25(2,16)23-11-7(22-12(13)9(11)15)4-20-26(17,18)24-10/h4-5,7-8,11-14,19-20,31-32H,2-3H2,1H3,(H,35,36)(H,37,38)(H,25,26,33)(H3,22,27,28,34);1-2,5-7,9-10,13-16,20-21,31-32H,3-4H2,(H2,22,24)(H,33,34)(H,35,36)(H2,23,25,26);5-12,14-15H,3-4H2,1-2H3,(H,17,18)/t7-,8-,11?,12?,13+,14+,19-,20-;9-,10-,13?,14?,15+,16+,20-,21-;5-,6+,7+,8?,9?,10-,11-,12+,25?/m110/s1. The molecule has 55 nitrogen and oxygen atoms in total. The second-order valence-electron chi connectivity index (χ2n) is 27.1. The number of ether oxygens (including phenoxy) is 6. The zero-order valence-electron chi connectivity index (χ0n) is 59.5. The molecule has 0 aromatic carbocycles. The van der Waals surface area contributed by atoms with Gasteiger partial charge in [0.05, 0.1) is 76.7 Å². The molecule has 19 N–H and O–H groups in total. The number of aryl methyl sites for hydroxylation is 1. The number of rotatable bonds is 4. The Morgan fingerprint density at radius 3 is 1.23 bits per heavy atom. The maximum Gasteiger partial charge on any atom is 0.472 e. The lowest BCUT2D eigenvalue weighted by Crippen LogP contribution is -2.39. The fourth-order valence-corrected chi connectivity index (χ4v) is 19.8. The molecule has 9 saturated heterocycles. The topological polar surface area (TPSA) is 771 Å². The van der Waals surface area contributed by atoms with Crippen molar-refractivity contribution < 1.29 is 165 Å². The van der Waals surface area contributed by atoms with Crippen molar-refractivity contribution in [1.82, 2.24) is 73.1 Å². The van der Waals surface area contributed by atoms with Crippen molar-refractivity contribution in [1.29, 1.82) is 0 Å². The lowest BCUT2D eigenvalue weighted by molar-refractivity contribution is -0.0665. The van der Waals surface area contributed by atoms with Crippen molar-refractivity contribution >= 4 is 117 Å². The molecule has 17 heterocycles. The van der Waals surface area contributed by atoms with Gasteiger partial charge in [0.1, 0.15) is 141 Å². The van der Waals surface area contributed by atoms with Gasteiger partial charge in [0.2, 0.25) is 5.95 Å². The predicted octanol–water partition coefficient (Wildman–Crippen LogP) is -4.22. The highest BCUT2D eigenvalue weighted by molar-refractivity contribution is 7.53. The monoisotopic (exact) mass is 1760 g/mol. The summed E-state index contributed by atoms with van der Waals surface area (Å²) in [5.41, 5.74) is 17.0. The molecule has 0 aliphatic carbocycles. The number of aromatic nitrogens is 15. The Morgan fingerprint density at radius 2 is 0.784 bits per heavy atom. The Balaban J connectivity index is 0.000000142. The number of aliphatic hydroxyl groups is 6. The smallest absolute Gasteiger partial charge is 0.397 e. The Kier molecular flexibility index (Phi) is 23.5. The molecule has 8 aromatic heterocycles. The van der Waals surface area contributed by atoms with E-state index in [1.807, 2.05) is 0 Å². The zero-order valence-corrected chi connectivity index (χ0v) is 64.8. The SMILES string of the molecule is Cc1nc2c(ncn2[C@@H]2O[C@@H]3COP(=O)(O)O[C@@H]4C(O)[C@H](n5cnc6c(=O)[nH]c(N)nc65)O[C@@H]4COP(=O)(O)O[C@@H]3C2O)c(=O)[nH]1.Nc1ccnc2c1ncn2[C@@H]1O[C@@H]2COP(=O)(O)O[C@@H]3C(O)[C@H](n4cnc5c(N)ncnc54)O[C@@H]3COP(=O)(O)O[C@@H]2C1O.[B][C@@H]1O[C@@H]2COP(=O)(O)O[C@@H]3C(O)[C@H](C)O[C@@H]3COP(C)(=O)O[C@@H]2C1O. The third-order valence-electron chi connectivity index (χ3n) is 19.2. The number of anilines is 3. The third-order valence-corrected chi connectivity index (χ3v) is 25.4. The van der Waals surface area contributed by atoms with Crippen molar-refractivity contribution in [3.05, 3.63) is 70.4 Å². The van der Waals surface area contributed by atoms with Crippen molar-refractivity contribution in [2.24, 2.45) is 0 Å². The molecule has 9 aliphatic heterocycles. The van der Waals surface area contributed by atoms with Crippen LogP contribution in [-0.4, -0.2) is 304 Å². The number of phosphoric ester groups is 5. The van der Waals surface area contributed by atoms with Crippen LogP contribution in [0.15, 0.2) is 53.5 Å². The quantitative estimate of drug-likeness (QED) is 0.0586. The Labute approximate surface area is 647 Å². The van der Waals surface area contributed by atoms with Crippen LogP contribution in [0.1, 0.15) is 37.7 Å². The normalized spacial score (nSPS) is 41.8. The van der Waals surface area contributed by atoms with Crippen LogP contribution in [0.3, 0.4) is 0 Å². The summed E-state index contributed by atoms with van der Waals surface area (Å²) in [7, 11) is -22.9. The van der Waals surface area contributed by atoms with Crippen molar-refractivity contribution in [2.45, 2.75) is 161 Å². The van der Waals surface area contributed by atoms with Crippen LogP contribution in [0, 0.1) is 6.92 Å². The summed E-state index contributed by atoms with van der Waals surface area (Å²) in [6.07, 6.45) is -25.3. The summed E-state index contributed by atoms with van der Waals surface area (Å²) in [4.78, 5) is 118. The number of aliphatic hydroxyl groups excluding tert-OH is 6. The molecule has 632 valence electrons. The lowest BCUT2D eigenvalue weighted by atomic mass is 9.93. The Morgan fingerprint density at radius 1 is 0.431 bits per heavy atom. The molecule has 116 heavy (non-hydrogen) atoms. The van der Waals surface area contributed by atoms with E-state index in [4.69, 9.17) is 108 Å². The molecule has 0 saturated carbocycles. The van der Waals surface area contributed by atoms with Gasteiger partial charge in [0, 0.05) is 18.9 Å². The Hall–Kier alpha value is -6.45. The molecule has 0 bridgehead atoms.